The number of carboxylic acids is 1. The number of aliphatic carboxylic acids is 1. The highest BCUT2D eigenvalue weighted by Crippen LogP contribution is 2.19. The molecule has 0 saturated heterocycles. The number of H-pyrrole nitrogens is 2. The number of nitrogens with one attached hydrogen (secondary N) is 7. The lowest BCUT2D eigenvalue weighted by molar-refractivity contribution is -0.143. The Morgan fingerprint density at radius 1 is 0.865 bits per heavy atom. The van der Waals surface area contributed by atoms with Crippen LogP contribution >= 0.6 is 11.8 Å². The molecule has 0 radical (unpaired) electrons. The number of aliphatic hydroxyl groups is 1. The van der Waals surface area contributed by atoms with Crippen molar-refractivity contribution in [3.8, 4) is 0 Å². The number of hydrogen-bond acceptors (Lipinski definition) is 11. The van der Waals surface area contributed by atoms with Crippen molar-refractivity contribution in [3.05, 3.63) is 54.2 Å². The van der Waals surface area contributed by atoms with E-state index >= 15 is 0 Å². The maximum absolute atomic E-state index is 13.5. The molecule has 5 atom stereocenters. The van der Waals surface area contributed by atoms with Crippen LogP contribution in [-0.2, 0) is 46.4 Å². The van der Waals surface area contributed by atoms with E-state index in [1.165, 1.54) is 24.3 Å². The Bertz CT molecular complexity index is 1700. The van der Waals surface area contributed by atoms with Crippen molar-refractivity contribution in [3.63, 3.8) is 0 Å². The number of primary amides is 1. The molecule has 1 aromatic carbocycles. The first-order chi connectivity index (χ1) is 24.8. The van der Waals surface area contributed by atoms with E-state index in [2.05, 4.69) is 41.5 Å². The van der Waals surface area contributed by atoms with Gasteiger partial charge >= 0.3 is 5.97 Å². The van der Waals surface area contributed by atoms with E-state index < -0.39 is 84.8 Å². The molecule has 0 saturated carbocycles. The highest BCUT2D eigenvalue weighted by atomic mass is 32.2. The molecular weight excluding hydrogens is 700 g/mol. The third-order valence-electron chi connectivity index (χ3n) is 7.86. The summed E-state index contributed by atoms with van der Waals surface area (Å²) in [6, 6.07) is 1.01. The van der Waals surface area contributed by atoms with Gasteiger partial charge in [-0.25, -0.2) is 9.78 Å². The van der Waals surface area contributed by atoms with Gasteiger partial charge in [-0.15, -0.1) is 0 Å². The number of para-hydroxylation sites is 1. The van der Waals surface area contributed by atoms with Gasteiger partial charge in [-0.1, -0.05) is 18.2 Å². The predicted octanol–water partition coefficient (Wildman–Crippen LogP) is -2.85. The van der Waals surface area contributed by atoms with Crippen LogP contribution in [0.4, 0.5) is 0 Å². The molecule has 0 unspecified atom stereocenters. The van der Waals surface area contributed by atoms with Gasteiger partial charge in [0, 0.05) is 41.8 Å². The lowest BCUT2D eigenvalue weighted by Gasteiger charge is -2.24. The zero-order valence-corrected chi connectivity index (χ0v) is 29.2. The zero-order valence-electron chi connectivity index (χ0n) is 28.3. The molecule has 3 rings (SSSR count). The predicted molar refractivity (Wildman–Crippen MR) is 189 cm³/mol. The molecule has 20 heteroatoms. The van der Waals surface area contributed by atoms with Crippen molar-refractivity contribution < 1.29 is 43.8 Å². The van der Waals surface area contributed by atoms with Gasteiger partial charge in [-0.3, -0.25) is 28.8 Å². The van der Waals surface area contributed by atoms with E-state index in [1.54, 1.807) is 12.5 Å². The SMILES string of the molecule is CSCC[C@H](NC(=O)[C@@H](CCC(N)=O)NC(=O)[C@@H](N)Cc1c[nH]c2ccccc12)C(=O)NCC(=O)N[C@@H](Cc1cnc[nH]1)C(=O)N[C@H](CO)C(=O)O. The molecule has 0 bridgehead atoms. The van der Waals surface area contributed by atoms with Crippen molar-refractivity contribution in [2.45, 2.75) is 62.3 Å². The molecule has 282 valence electrons. The highest BCUT2D eigenvalue weighted by molar-refractivity contribution is 7.98. The number of amides is 6. The van der Waals surface area contributed by atoms with Crippen LogP contribution in [0.2, 0.25) is 0 Å². The molecule has 0 aliphatic carbocycles. The second-order valence-electron chi connectivity index (χ2n) is 11.8. The number of imidazole rings is 1. The van der Waals surface area contributed by atoms with Crippen LogP contribution in [0.15, 0.2) is 43.0 Å². The van der Waals surface area contributed by atoms with Crippen LogP contribution in [0, 0.1) is 0 Å². The highest BCUT2D eigenvalue weighted by Gasteiger charge is 2.30. The van der Waals surface area contributed by atoms with E-state index in [-0.39, 0.29) is 32.1 Å². The summed E-state index contributed by atoms with van der Waals surface area (Å²) in [5.41, 5.74) is 13.6. The summed E-state index contributed by atoms with van der Waals surface area (Å²) in [6.07, 6.45) is 5.97. The fourth-order valence-corrected chi connectivity index (χ4v) is 5.53. The summed E-state index contributed by atoms with van der Waals surface area (Å²) in [6.45, 7) is -1.53. The molecule has 19 nitrogen and oxygen atoms in total. The van der Waals surface area contributed by atoms with Gasteiger partial charge in [0.25, 0.3) is 0 Å². The van der Waals surface area contributed by atoms with Gasteiger partial charge in [-0.2, -0.15) is 11.8 Å². The number of fused-ring (bicyclic) bond motifs is 1. The summed E-state index contributed by atoms with van der Waals surface area (Å²) in [7, 11) is 0. The number of aliphatic hydroxyl groups excluding tert-OH is 1. The molecule has 2 heterocycles. The first-order valence-corrected chi connectivity index (χ1v) is 17.6. The fraction of sp³-hybridized carbons (Fsp3) is 0.438. The van der Waals surface area contributed by atoms with Gasteiger partial charge in [0.15, 0.2) is 0 Å². The second-order valence-corrected chi connectivity index (χ2v) is 12.8. The van der Waals surface area contributed by atoms with Gasteiger partial charge in [-0.05, 0) is 42.9 Å². The molecule has 52 heavy (non-hydrogen) atoms. The summed E-state index contributed by atoms with van der Waals surface area (Å²) in [4.78, 5) is 98.1. The fourth-order valence-electron chi connectivity index (χ4n) is 5.06. The summed E-state index contributed by atoms with van der Waals surface area (Å²) >= 11 is 1.39. The first kappa shape index (κ1) is 41.0. The lowest BCUT2D eigenvalue weighted by atomic mass is 10.0. The Morgan fingerprint density at radius 2 is 1.54 bits per heavy atom. The lowest BCUT2D eigenvalue weighted by Crippen LogP contribution is -2.57. The normalized spacial score (nSPS) is 13.9. The molecular formula is C32H44N10O9S. The van der Waals surface area contributed by atoms with Crippen LogP contribution in [0.5, 0.6) is 0 Å². The minimum atomic E-state index is -1.62. The number of aromatic amines is 2. The van der Waals surface area contributed by atoms with E-state index in [9.17, 15) is 43.8 Å². The van der Waals surface area contributed by atoms with Crippen molar-refractivity contribution in [1.82, 2.24) is 41.5 Å². The Labute approximate surface area is 302 Å². The number of carbonyl (C=O) groups is 7. The first-order valence-electron chi connectivity index (χ1n) is 16.2. The van der Waals surface area contributed by atoms with Crippen LogP contribution in [-0.4, -0.2) is 122 Å². The molecule has 0 fully saturated rings. The van der Waals surface area contributed by atoms with Gasteiger partial charge in [0.2, 0.25) is 35.4 Å². The van der Waals surface area contributed by atoms with E-state index in [0.29, 0.717) is 11.4 Å². The topological polar surface area (TPSA) is 317 Å². The molecule has 0 aliphatic rings. The molecule has 6 amide bonds. The Balaban J connectivity index is 1.65. The number of thioether (sulfide) groups is 1. The van der Waals surface area contributed by atoms with E-state index in [0.717, 1.165) is 16.5 Å². The monoisotopic (exact) mass is 744 g/mol. The summed E-state index contributed by atoms with van der Waals surface area (Å²) < 4.78 is 0. The Kier molecular flexibility index (Phi) is 16.1. The van der Waals surface area contributed by atoms with E-state index in [1.807, 2.05) is 24.3 Å². The molecule has 0 spiro atoms. The van der Waals surface area contributed by atoms with E-state index in [4.69, 9.17) is 11.5 Å². The number of rotatable bonds is 22. The minimum absolute atomic E-state index is 0.125. The number of carboxylic acid groups (broad SMARTS) is 1. The Hall–Kier alpha value is -5.47. The minimum Gasteiger partial charge on any atom is -0.480 e. The van der Waals surface area contributed by atoms with Crippen molar-refractivity contribution in [1.29, 1.82) is 0 Å². The second kappa shape index (κ2) is 20.4. The average molecular weight is 745 g/mol. The average Bonchev–Trinajstić information content (AvgIpc) is 3.79. The maximum Gasteiger partial charge on any atom is 0.328 e. The summed E-state index contributed by atoms with van der Waals surface area (Å²) in [5, 5.41) is 31.5. The third kappa shape index (κ3) is 12.7. The van der Waals surface area contributed by atoms with Crippen molar-refractivity contribution in [2.75, 3.05) is 25.2 Å². The molecule has 3 aromatic rings. The van der Waals surface area contributed by atoms with Crippen LogP contribution in [0.1, 0.15) is 30.5 Å². The number of carbonyl (C=O) groups excluding carboxylic acids is 6. The van der Waals surface area contributed by atoms with Gasteiger partial charge < -0.3 is 58.2 Å². The number of aromatic nitrogens is 3. The maximum atomic E-state index is 13.5. The molecule has 0 aliphatic heterocycles. The number of nitrogens with two attached hydrogens (primary N) is 2. The van der Waals surface area contributed by atoms with Crippen molar-refractivity contribution >= 4 is 64.1 Å². The zero-order chi connectivity index (χ0) is 38.2. The number of nitrogens with zero attached hydrogens (tertiary/aromatic N) is 1. The summed E-state index contributed by atoms with van der Waals surface area (Å²) in [5.74, 6) is -5.73. The van der Waals surface area contributed by atoms with Crippen molar-refractivity contribution in [2.24, 2.45) is 11.5 Å². The number of benzene rings is 1. The third-order valence-corrected chi connectivity index (χ3v) is 8.50. The van der Waals surface area contributed by atoms with Crippen LogP contribution in [0.3, 0.4) is 0 Å². The van der Waals surface area contributed by atoms with Gasteiger partial charge in [0.05, 0.1) is 25.5 Å². The Morgan fingerprint density at radius 3 is 2.19 bits per heavy atom. The van der Waals surface area contributed by atoms with Crippen LogP contribution < -0.4 is 38.1 Å². The largest absolute Gasteiger partial charge is 0.480 e. The molecule has 13 N–H and O–H groups in total. The number of hydrogen-bond donors (Lipinski definition) is 11. The quantitative estimate of drug-likeness (QED) is 0.0496. The smallest absolute Gasteiger partial charge is 0.328 e. The van der Waals surface area contributed by atoms with Crippen LogP contribution in [0.25, 0.3) is 10.9 Å². The standard InChI is InChI=1S/C32H44N10O9S/c1-52-9-8-23(29(47)37-14-27(45)39-24(11-18-13-35-16-38-18)31(49)42-25(15-43)32(50)51)41-30(48)22(6-7-26(34)44)40-28(46)20(33)10-17-12-36-21-5-3-2-4-19(17)21/h2-5,12-13,16,20,22-25,36,43H,6-11,14-15,33H2,1H3,(H2,34,44)(H,35,38)(H,37,47)(H,39,45)(H,40,46)(H,41,48)(H,42,49)(H,50,51)/t20-,22+,23-,24-,25+/m0/s1. The molecule has 2 aromatic heterocycles. The van der Waals surface area contributed by atoms with Gasteiger partial charge in [0.1, 0.15) is 24.2 Å².